The molecule has 1 aromatic rings. The van der Waals surface area contributed by atoms with Gasteiger partial charge in [0.1, 0.15) is 0 Å². The Morgan fingerprint density at radius 3 is 2.45 bits per heavy atom. The Bertz CT molecular complexity index is 579. The normalized spacial score (nSPS) is 24.3. The van der Waals surface area contributed by atoms with Crippen LogP contribution in [0.15, 0.2) is 24.3 Å². The van der Waals surface area contributed by atoms with Crippen molar-refractivity contribution in [3.63, 3.8) is 0 Å². The van der Waals surface area contributed by atoms with Gasteiger partial charge in [-0.3, -0.25) is 14.5 Å². The smallest absolute Gasteiger partial charge is 0.251 e. The molecule has 2 aliphatic rings. The van der Waals surface area contributed by atoms with Crippen molar-refractivity contribution in [3.8, 4) is 0 Å². The van der Waals surface area contributed by atoms with Crippen molar-refractivity contribution in [2.75, 3.05) is 38.1 Å². The highest BCUT2D eigenvalue weighted by Gasteiger charge is 2.43. The van der Waals surface area contributed by atoms with Gasteiger partial charge in [0.25, 0.3) is 5.91 Å². The Kier molecular flexibility index (Phi) is 4.27. The molecular formula is C17H23N3O2. The zero-order chi connectivity index (χ0) is 15.7. The number of carbonyl (C=O) groups excluding carboxylic acids is 2. The van der Waals surface area contributed by atoms with Crippen molar-refractivity contribution < 1.29 is 9.59 Å². The van der Waals surface area contributed by atoms with Gasteiger partial charge in [-0.2, -0.15) is 0 Å². The third-order valence-electron chi connectivity index (χ3n) is 4.71. The minimum Gasteiger partial charge on any atom is -0.304 e. The van der Waals surface area contributed by atoms with Crippen LogP contribution in [-0.4, -0.2) is 60.9 Å². The molecule has 5 nitrogen and oxygen atoms in total. The Balaban J connectivity index is 1.82. The molecular weight excluding hydrogens is 278 g/mol. The van der Waals surface area contributed by atoms with Crippen LogP contribution in [-0.2, 0) is 16.0 Å². The lowest BCUT2D eigenvalue weighted by Gasteiger charge is -2.35. The highest BCUT2D eigenvalue weighted by atomic mass is 16.2. The van der Waals surface area contributed by atoms with E-state index in [1.165, 1.54) is 4.90 Å². The van der Waals surface area contributed by atoms with Crippen LogP contribution in [0.25, 0.3) is 0 Å². The van der Waals surface area contributed by atoms with E-state index in [1.807, 2.05) is 31.2 Å². The van der Waals surface area contributed by atoms with Gasteiger partial charge in [-0.25, -0.2) is 4.90 Å². The van der Waals surface area contributed by atoms with Crippen LogP contribution in [0.5, 0.6) is 0 Å². The van der Waals surface area contributed by atoms with E-state index < -0.39 is 0 Å². The second kappa shape index (κ2) is 6.18. The van der Waals surface area contributed by atoms with Crippen LogP contribution in [0.4, 0.5) is 5.69 Å². The van der Waals surface area contributed by atoms with E-state index in [0.717, 1.165) is 43.9 Å². The largest absolute Gasteiger partial charge is 0.304 e. The maximum atomic E-state index is 12.8. The maximum absolute atomic E-state index is 12.8. The number of amides is 2. The molecule has 0 saturated carbocycles. The zero-order valence-electron chi connectivity index (χ0n) is 13.3. The monoisotopic (exact) mass is 301 g/mol. The first-order valence-corrected chi connectivity index (χ1v) is 7.99. The van der Waals surface area contributed by atoms with Gasteiger partial charge in [-0.1, -0.05) is 25.1 Å². The lowest BCUT2D eigenvalue weighted by Crippen LogP contribution is -2.51. The fourth-order valence-electron chi connectivity index (χ4n) is 3.32. The molecule has 2 fully saturated rings. The summed E-state index contributed by atoms with van der Waals surface area (Å²) in [7, 11) is 2.09. The van der Waals surface area contributed by atoms with Crippen LogP contribution in [0.2, 0.25) is 0 Å². The van der Waals surface area contributed by atoms with Crippen LogP contribution in [0.1, 0.15) is 18.9 Å². The SMILES string of the molecule is CCc1ccccc1N1C(=O)CC(N2CCN(C)CC2)C1=O. The number of aryl methyl sites for hydroxylation is 1. The van der Waals surface area contributed by atoms with E-state index in [0.29, 0.717) is 6.42 Å². The molecule has 3 rings (SSSR count). The van der Waals surface area contributed by atoms with Gasteiger partial charge >= 0.3 is 0 Å². The molecule has 2 aliphatic heterocycles. The van der Waals surface area contributed by atoms with Gasteiger partial charge in [0.2, 0.25) is 5.91 Å². The average molecular weight is 301 g/mol. The first-order chi connectivity index (χ1) is 10.6. The van der Waals surface area contributed by atoms with Crippen molar-refractivity contribution in [3.05, 3.63) is 29.8 Å². The van der Waals surface area contributed by atoms with E-state index in [-0.39, 0.29) is 17.9 Å². The van der Waals surface area contributed by atoms with Crippen LogP contribution >= 0.6 is 0 Å². The molecule has 0 spiro atoms. The average Bonchev–Trinajstić information content (AvgIpc) is 2.83. The highest BCUT2D eigenvalue weighted by molar-refractivity contribution is 6.22. The third kappa shape index (κ3) is 2.66. The summed E-state index contributed by atoms with van der Waals surface area (Å²) in [5.41, 5.74) is 1.81. The highest BCUT2D eigenvalue weighted by Crippen LogP contribution is 2.29. The molecule has 1 unspecified atom stereocenters. The van der Waals surface area contributed by atoms with Crippen molar-refractivity contribution >= 4 is 17.5 Å². The molecule has 1 aromatic carbocycles. The number of carbonyl (C=O) groups is 2. The molecule has 118 valence electrons. The molecule has 0 N–H and O–H groups in total. The van der Waals surface area contributed by atoms with Crippen molar-refractivity contribution in [1.82, 2.24) is 9.80 Å². The summed E-state index contributed by atoms with van der Waals surface area (Å²) in [5, 5.41) is 0. The number of anilines is 1. The second-order valence-electron chi connectivity index (χ2n) is 6.11. The molecule has 1 atom stereocenters. The van der Waals surface area contributed by atoms with Gasteiger partial charge < -0.3 is 4.90 Å². The minimum absolute atomic E-state index is 0.0598. The summed E-state index contributed by atoms with van der Waals surface area (Å²) >= 11 is 0. The van der Waals surface area contributed by atoms with Crippen LogP contribution in [0, 0.1) is 0 Å². The maximum Gasteiger partial charge on any atom is 0.251 e. The van der Waals surface area contributed by atoms with E-state index in [9.17, 15) is 9.59 Å². The number of hydrogen-bond donors (Lipinski definition) is 0. The Hall–Kier alpha value is -1.72. The number of imide groups is 1. The summed E-state index contributed by atoms with van der Waals surface area (Å²) < 4.78 is 0. The number of benzene rings is 1. The number of rotatable bonds is 3. The summed E-state index contributed by atoms with van der Waals surface area (Å²) in [6.07, 6.45) is 1.12. The molecule has 0 bridgehead atoms. The van der Waals surface area contributed by atoms with Gasteiger partial charge in [0.05, 0.1) is 18.2 Å². The van der Waals surface area contributed by atoms with Crippen molar-refractivity contribution in [2.45, 2.75) is 25.8 Å². The Morgan fingerprint density at radius 2 is 1.77 bits per heavy atom. The standard InChI is InChI=1S/C17H23N3O2/c1-3-13-6-4-5-7-14(13)20-16(21)12-15(17(20)22)19-10-8-18(2)9-11-19/h4-7,15H,3,8-12H2,1-2H3. The van der Waals surface area contributed by atoms with Crippen LogP contribution in [0.3, 0.4) is 0 Å². The number of nitrogens with zero attached hydrogens (tertiary/aromatic N) is 3. The lowest BCUT2D eigenvalue weighted by molar-refractivity contribution is -0.123. The van der Waals surface area contributed by atoms with E-state index in [1.54, 1.807) is 0 Å². The fourth-order valence-corrected chi connectivity index (χ4v) is 3.32. The van der Waals surface area contributed by atoms with Crippen LogP contribution < -0.4 is 4.90 Å². The molecule has 0 radical (unpaired) electrons. The summed E-state index contributed by atoms with van der Waals surface area (Å²) in [6.45, 7) is 5.64. The van der Waals surface area contributed by atoms with Crippen molar-refractivity contribution in [1.29, 1.82) is 0 Å². The second-order valence-corrected chi connectivity index (χ2v) is 6.11. The Morgan fingerprint density at radius 1 is 1.09 bits per heavy atom. The number of para-hydroxylation sites is 1. The third-order valence-corrected chi connectivity index (χ3v) is 4.71. The number of hydrogen-bond acceptors (Lipinski definition) is 4. The molecule has 2 heterocycles. The molecule has 22 heavy (non-hydrogen) atoms. The van der Waals surface area contributed by atoms with E-state index in [2.05, 4.69) is 16.8 Å². The predicted molar refractivity (Wildman–Crippen MR) is 85.8 cm³/mol. The molecule has 5 heteroatoms. The fraction of sp³-hybridized carbons (Fsp3) is 0.529. The van der Waals surface area contributed by atoms with Gasteiger partial charge in [0, 0.05) is 26.2 Å². The first-order valence-electron chi connectivity index (χ1n) is 7.99. The van der Waals surface area contributed by atoms with Gasteiger partial charge in [-0.05, 0) is 25.1 Å². The van der Waals surface area contributed by atoms with Crippen molar-refractivity contribution in [2.24, 2.45) is 0 Å². The minimum atomic E-state index is -0.286. The predicted octanol–water partition coefficient (Wildman–Crippen LogP) is 1.13. The molecule has 0 aliphatic carbocycles. The van der Waals surface area contributed by atoms with E-state index in [4.69, 9.17) is 0 Å². The topological polar surface area (TPSA) is 43.9 Å². The molecule has 2 saturated heterocycles. The van der Waals surface area contributed by atoms with Gasteiger partial charge in [0.15, 0.2) is 0 Å². The van der Waals surface area contributed by atoms with E-state index >= 15 is 0 Å². The molecule has 0 aromatic heterocycles. The molecule has 2 amide bonds. The van der Waals surface area contributed by atoms with Gasteiger partial charge in [-0.15, -0.1) is 0 Å². The first kappa shape index (κ1) is 15.2. The number of likely N-dealkylation sites (N-methyl/N-ethyl adjacent to an activating group) is 1. The summed E-state index contributed by atoms with van der Waals surface area (Å²) in [4.78, 5) is 31.1. The quantitative estimate of drug-likeness (QED) is 0.785. The Labute approximate surface area is 131 Å². The number of piperazine rings is 1. The lowest BCUT2D eigenvalue weighted by atomic mass is 10.1. The summed E-state index contributed by atoms with van der Waals surface area (Å²) in [6, 6.07) is 7.41. The zero-order valence-corrected chi connectivity index (χ0v) is 13.3. The summed E-state index contributed by atoms with van der Waals surface area (Å²) in [5.74, 6) is -0.134.